The predicted molar refractivity (Wildman–Crippen MR) is 76.1 cm³/mol. The Morgan fingerprint density at radius 1 is 1.40 bits per heavy atom. The van der Waals surface area contributed by atoms with Crippen LogP contribution in [0.4, 0.5) is 10.1 Å². The van der Waals surface area contributed by atoms with E-state index in [4.69, 9.17) is 17.3 Å². The van der Waals surface area contributed by atoms with Crippen LogP contribution in [0.2, 0.25) is 5.15 Å². The van der Waals surface area contributed by atoms with Crippen LogP contribution in [0.15, 0.2) is 36.5 Å². The van der Waals surface area contributed by atoms with Gasteiger partial charge in [-0.25, -0.2) is 9.37 Å². The Kier molecular flexibility index (Phi) is 4.53. The van der Waals surface area contributed by atoms with Crippen LogP contribution in [-0.2, 0) is 6.42 Å². The van der Waals surface area contributed by atoms with Crippen LogP contribution in [0.1, 0.15) is 15.9 Å². The third-order valence-electron chi connectivity index (χ3n) is 2.69. The summed E-state index contributed by atoms with van der Waals surface area (Å²) in [7, 11) is 0. The molecule has 1 heterocycles. The van der Waals surface area contributed by atoms with E-state index in [0.29, 0.717) is 18.7 Å². The van der Waals surface area contributed by atoms with Crippen molar-refractivity contribution in [3.63, 3.8) is 0 Å². The number of halogens is 2. The quantitative estimate of drug-likeness (QED) is 0.851. The molecular weight excluding hydrogens is 281 g/mol. The SMILES string of the molecule is Nc1cnc(Cl)c(C(=O)NCCc2cccc(F)c2)c1. The smallest absolute Gasteiger partial charge is 0.254 e. The average Bonchev–Trinajstić information content (AvgIpc) is 2.41. The van der Waals surface area contributed by atoms with Crippen LogP contribution in [0.5, 0.6) is 0 Å². The molecule has 0 aliphatic carbocycles. The lowest BCUT2D eigenvalue weighted by atomic mass is 10.1. The molecule has 3 N–H and O–H groups in total. The fraction of sp³-hybridized carbons (Fsp3) is 0.143. The van der Waals surface area contributed by atoms with Gasteiger partial charge in [-0.15, -0.1) is 0 Å². The number of amides is 1. The van der Waals surface area contributed by atoms with Crippen LogP contribution >= 0.6 is 11.6 Å². The lowest BCUT2D eigenvalue weighted by molar-refractivity contribution is 0.0954. The van der Waals surface area contributed by atoms with E-state index in [2.05, 4.69) is 10.3 Å². The van der Waals surface area contributed by atoms with E-state index in [9.17, 15) is 9.18 Å². The number of benzene rings is 1. The number of nitrogens with two attached hydrogens (primary N) is 1. The molecule has 1 aromatic heterocycles. The zero-order valence-electron chi connectivity index (χ0n) is 10.6. The van der Waals surface area contributed by atoms with Gasteiger partial charge in [-0.3, -0.25) is 4.79 Å². The third-order valence-corrected chi connectivity index (χ3v) is 2.99. The van der Waals surface area contributed by atoms with Crippen molar-refractivity contribution in [2.24, 2.45) is 0 Å². The molecule has 0 saturated heterocycles. The van der Waals surface area contributed by atoms with Crippen molar-refractivity contribution in [1.82, 2.24) is 10.3 Å². The van der Waals surface area contributed by atoms with Gasteiger partial charge in [0, 0.05) is 6.54 Å². The molecule has 0 aliphatic rings. The van der Waals surface area contributed by atoms with Gasteiger partial charge in [0.15, 0.2) is 0 Å². The van der Waals surface area contributed by atoms with Gasteiger partial charge in [0.05, 0.1) is 17.4 Å². The Bertz CT molecular complexity index is 634. The molecular formula is C14H13ClFN3O. The highest BCUT2D eigenvalue weighted by atomic mass is 35.5. The van der Waals surface area contributed by atoms with E-state index in [1.807, 2.05) is 0 Å². The van der Waals surface area contributed by atoms with Gasteiger partial charge in [0.25, 0.3) is 5.91 Å². The van der Waals surface area contributed by atoms with Crippen LogP contribution in [0.25, 0.3) is 0 Å². The lowest BCUT2D eigenvalue weighted by Gasteiger charge is -2.07. The van der Waals surface area contributed by atoms with Crippen LogP contribution < -0.4 is 11.1 Å². The topological polar surface area (TPSA) is 68.0 Å². The van der Waals surface area contributed by atoms with E-state index < -0.39 is 0 Å². The first kappa shape index (κ1) is 14.3. The summed E-state index contributed by atoms with van der Waals surface area (Å²) in [5.41, 5.74) is 6.96. The number of hydrogen-bond acceptors (Lipinski definition) is 3. The van der Waals surface area contributed by atoms with E-state index in [1.165, 1.54) is 24.4 Å². The van der Waals surface area contributed by atoms with Crippen LogP contribution in [0.3, 0.4) is 0 Å². The van der Waals surface area contributed by atoms with Crippen molar-refractivity contribution in [3.05, 3.63) is 58.6 Å². The van der Waals surface area contributed by atoms with E-state index in [-0.39, 0.29) is 22.4 Å². The second kappa shape index (κ2) is 6.34. The Morgan fingerprint density at radius 2 is 2.20 bits per heavy atom. The normalized spacial score (nSPS) is 10.3. The first-order valence-electron chi connectivity index (χ1n) is 6.00. The van der Waals surface area contributed by atoms with Crippen molar-refractivity contribution in [1.29, 1.82) is 0 Å². The summed E-state index contributed by atoms with van der Waals surface area (Å²) < 4.78 is 13.0. The van der Waals surface area contributed by atoms with Gasteiger partial charge in [-0.2, -0.15) is 0 Å². The number of rotatable bonds is 4. The molecule has 0 atom stereocenters. The first-order chi connectivity index (χ1) is 9.56. The molecule has 0 unspecified atom stereocenters. The number of carbonyl (C=O) groups is 1. The fourth-order valence-electron chi connectivity index (χ4n) is 1.73. The number of nitrogen functional groups attached to an aromatic ring is 1. The van der Waals surface area contributed by atoms with Crippen molar-refractivity contribution in [2.45, 2.75) is 6.42 Å². The van der Waals surface area contributed by atoms with Gasteiger partial charge in [-0.1, -0.05) is 23.7 Å². The summed E-state index contributed by atoms with van der Waals surface area (Å²) in [6.07, 6.45) is 1.91. The highest BCUT2D eigenvalue weighted by Gasteiger charge is 2.11. The van der Waals surface area contributed by atoms with E-state index in [1.54, 1.807) is 12.1 Å². The van der Waals surface area contributed by atoms with Crippen molar-refractivity contribution in [2.75, 3.05) is 12.3 Å². The second-order valence-electron chi connectivity index (χ2n) is 4.24. The highest BCUT2D eigenvalue weighted by Crippen LogP contribution is 2.15. The average molecular weight is 294 g/mol. The fourth-order valence-corrected chi connectivity index (χ4v) is 1.92. The van der Waals surface area contributed by atoms with Crippen LogP contribution in [-0.4, -0.2) is 17.4 Å². The molecule has 1 aromatic carbocycles. The molecule has 0 radical (unpaired) electrons. The van der Waals surface area contributed by atoms with Gasteiger partial charge in [-0.05, 0) is 30.2 Å². The highest BCUT2D eigenvalue weighted by molar-refractivity contribution is 6.32. The molecule has 104 valence electrons. The molecule has 1 amide bonds. The Morgan fingerprint density at radius 3 is 2.95 bits per heavy atom. The van der Waals surface area contributed by atoms with Gasteiger partial charge in [0.1, 0.15) is 11.0 Å². The zero-order valence-corrected chi connectivity index (χ0v) is 11.3. The summed E-state index contributed by atoms with van der Waals surface area (Å²) >= 11 is 5.83. The molecule has 6 heteroatoms. The van der Waals surface area contributed by atoms with Gasteiger partial charge >= 0.3 is 0 Å². The van der Waals surface area contributed by atoms with Gasteiger partial charge in [0.2, 0.25) is 0 Å². The number of nitrogens with one attached hydrogen (secondary N) is 1. The summed E-state index contributed by atoms with van der Waals surface area (Å²) in [5, 5.41) is 2.79. The number of pyridine rings is 1. The summed E-state index contributed by atoms with van der Waals surface area (Å²) in [6.45, 7) is 0.368. The van der Waals surface area contributed by atoms with Crippen molar-refractivity contribution >= 4 is 23.2 Å². The molecule has 20 heavy (non-hydrogen) atoms. The first-order valence-corrected chi connectivity index (χ1v) is 6.38. The molecule has 0 spiro atoms. The molecule has 0 fully saturated rings. The molecule has 2 rings (SSSR count). The maximum atomic E-state index is 13.0. The molecule has 0 aliphatic heterocycles. The molecule has 4 nitrogen and oxygen atoms in total. The number of carbonyl (C=O) groups excluding carboxylic acids is 1. The maximum absolute atomic E-state index is 13.0. The standard InChI is InChI=1S/C14H13ClFN3O/c15-13-12(7-11(17)8-19-13)14(20)18-5-4-9-2-1-3-10(16)6-9/h1-3,6-8H,4-5,17H2,(H,18,20). The number of anilines is 1. The summed E-state index contributed by atoms with van der Waals surface area (Å²) in [6, 6.07) is 7.70. The Labute approximate surface area is 120 Å². The van der Waals surface area contributed by atoms with Crippen molar-refractivity contribution < 1.29 is 9.18 Å². The largest absolute Gasteiger partial charge is 0.397 e. The number of nitrogens with zero attached hydrogens (tertiary/aromatic N) is 1. The Hall–Kier alpha value is -2.14. The van der Waals surface area contributed by atoms with Crippen LogP contribution in [0, 0.1) is 5.82 Å². The minimum absolute atomic E-state index is 0.0995. The second-order valence-corrected chi connectivity index (χ2v) is 4.60. The molecule has 0 saturated carbocycles. The predicted octanol–water partition coefficient (Wildman–Crippen LogP) is 2.43. The van der Waals surface area contributed by atoms with E-state index in [0.717, 1.165) is 5.56 Å². The monoisotopic (exact) mass is 293 g/mol. The minimum atomic E-state index is -0.355. The molecule has 2 aromatic rings. The number of aromatic nitrogens is 1. The van der Waals surface area contributed by atoms with Crippen molar-refractivity contribution in [3.8, 4) is 0 Å². The number of hydrogen-bond donors (Lipinski definition) is 2. The lowest BCUT2D eigenvalue weighted by Crippen LogP contribution is -2.26. The maximum Gasteiger partial charge on any atom is 0.254 e. The third kappa shape index (κ3) is 3.68. The summed E-state index contributed by atoms with van der Waals surface area (Å²) in [4.78, 5) is 15.7. The zero-order chi connectivity index (χ0) is 14.5. The molecule has 0 bridgehead atoms. The van der Waals surface area contributed by atoms with Gasteiger partial charge < -0.3 is 11.1 Å². The minimum Gasteiger partial charge on any atom is -0.397 e. The Balaban J connectivity index is 1.94. The summed E-state index contributed by atoms with van der Waals surface area (Å²) in [5.74, 6) is -0.650. The van der Waals surface area contributed by atoms with E-state index >= 15 is 0 Å².